The molecule has 3 rings (SSSR count). The molecular formula is C26H37N5O6. The molecule has 0 unspecified atom stereocenters. The zero-order valence-electron chi connectivity index (χ0n) is 23.1. The van der Waals surface area contributed by atoms with Crippen molar-refractivity contribution >= 4 is 40.1 Å². The van der Waals surface area contributed by atoms with Gasteiger partial charge in [-0.2, -0.15) is 4.90 Å². The van der Waals surface area contributed by atoms with E-state index in [4.69, 9.17) is 19.2 Å². The number of anilines is 1. The largest absolute Gasteiger partial charge is 0.443 e. The van der Waals surface area contributed by atoms with Crippen LogP contribution in [0, 0.1) is 0 Å². The van der Waals surface area contributed by atoms with Crippen molar-refractivity contribution in [1.29, 1.82) is 0 Å². The number of ether oxygens (including phenoxy) is 3. The van der Waals surface area contributed by atoms with Crippen molar-refractivity contribution in [3.8, 4) is 0 Å². The number of hydrogen-bond acceptors (Lipinski definition) is 9. The minimum atomic E-state index is -1.12. The van der Waals surface area contributed by atoms with E-state index in [0.29, 0.717) is 29.0 Å². The first-order valence-corrected chi connectivity index (χ1v) is 12.2. The second-order valence-electron chi connectivity index (χ2n) is 11.4. The number of carbonyl (C=O) groups excluding carboxylic acids is 2. The van der Waals surface area contributed by atoms with Crippen LogP contribution in [0.4, 0.5) is 15.4 Å². The third-order valence-electron chi connectivity index (χ3n) is 4.84. The first-order valence-electron chi connectivity index (χ1n) is 12.2. The zero-order chi connectivity index (χ0) is 27.8. The molecule has 2 amide bonds. The Morgan fingerprint density at radius 2 is 1.57 bits per heavy atom. The lowest BCUT2D eigenvalue weighted by Crippen LogP contribution is -2.44. The van der Waals surface area contributed by atoms with Gasteiger partial charge in [0, 0.05) is 12.8 Å². The molecule has 3 aromatic rings. The topological polar surface area (TPSA) is 129 Å². The van der Waals surface area contributed by atoms with E-state index in [2.05, 4.69) is 9.97 Å². The summed E-state index contributed by atoms with van der Waals surface area (Å²) in [5.41, 5.74) is -1.27. The van der Waals surface area contributed by atoms with Crippen LogP contribution in [0.25, 0.3) is 22.1 Å². The van der Waals surface area contributed by atoms with Gasteiger partial charge in [0.1, 0.15) is 40.2 Å². The standard InChI is InChI=1S/C26H37N5O6/c1-10-35-14-17-29-19-20(30(17)15-26(8,9)34)18-16(12-11-13-27-18)28-21(19)31(22(32)36-24(2,3)4)23(33)37-25(5,6)7/h11-13,34H,10,14-15H2,1-9H3. The van der Waals surface area contributed by atoms with Crippen molar-refractivity contribution in [2.45, 2.75) is 92.3 Å². The molecule has 0 radical (unpaired) electrons. The second kappa shape index (κ2) is 10.2. The maximum absolute atomic E-state index is 13.4. The van der Waals surface area contributed by atoms with Gasteiger partial charge in [0.2, 0.25) is 0 Å². The molecule has 37 heavy (non-hydrogen) atoms. The number of aromatic nitrogens is 4. The number of carbonyl (C=O) groups is 2. The number of amides is 2. The van der Waals surface area contributed by atoms with Gasteiger partial charge < -0.3 is 23.9 Å². The Morgan fingerprint density at radius 1 is 0.973 bits per heavy atom. The summed E-state index contributed by atoms with van der Waals surface area (Å²) in [6.07, 6.45) is -0.295. The molecule has 0 aliphatic rings. The fourth-order valence-electron chi connectivity index (χ4n) is 3.61. The minimum absolute atomic E-state index is 0.0637. The molecule has 0 aromatic carbocycles. The van der Waals surface area contributed by atoms with Gasteiger partial charge in [0.05, 0.1) is 17.7 Å². The molecule has 0 fully saturated rings. The Balaban J connectivity index is 2.39. The molecule has 0 spiro atoms. The van der Waals surface area contributed by atoms with Gasteiger partial charge in [-0.1, -0.05) is 0 Å². The zero-order valence-corrected chi connectivity index (χ0v) is 23.1. The smallest absolute Gasteiger partial charge is 0.425 e. The van der Waals surface area contributed by atoms with Crippen LogP contribution in [0.3, 0.4) is 0 Å². The van der Waals surface area contributed by atoms with E-state index in [1.54, 1.807) is 78.3 Å². The quantitative estimate of drug-likeness (QED) is 0.484. The Labute approximate surface area is 216 Å². The number of imide groups is 1. The van der Waals surface area contributed by atoms with Crippen molar-refractivity contribution < 1.29 is 28.9 Å². The van der Waals surface area contributed by atoms with Crippen molar-refractivity contribution in [3.05, 3.63) is 24.2 Å². The van der Waals surface area contributed by atoms with Crippen molar-refractivity contribution in [2.24, 2.45) is 0 Å². The molecule has 0 aliphatic heterocycles. The SMILES string of the molecule is CCOCc1nc2c(N(C(=O)OC(C)(C)C)C(=O)OC(C)(C)C)nc3cccnc3c2n1CC(C)(C)O. The predicted molar refractivity (Wildman–Crippen MR) is 139 cm³/mol. The van der Waals surface area contributed by atoms with E-state index in [9.17, 15) is 14.7 Å². The average Bonchev–Trinajstić information content (AvgIpc) is 3.06. The first kappa shape index (κ1) is 28.3. The molecule has 202 valence electrons. The predicted octanol–water partition coefficient (Wildman–Crippen LogP) is 4.96. The number of aliphatic hydroxyl groups is 1. The molecule has 11 heteroatoms. The average molecular weight is 516 g/mol. The van der Waals surface area contributed by atoms with Crippen LogP contribution in [0.1, 0.15) is 68.1 Å². The highest BCUT2D eigenvalue weighted by atomic mass is 16.6. The maximum atomic E-state index is 13.4. The van der Waals surface area contributed by atoms with E-state index in [1.807, 2.05) is 6.92 Å². The number of imidazole rings is 1. The Bertz CT molecular complexity index is 1270. The lowest BCUT2D eigenvalue weighted by Gasteiger charge is -2.28. The van der Waals surface area contributed by atoms with Crippen LogP contribution in [0.15, 0.2) is 18.3 Å². The second-order valence-corrected chi connectivity index (χ2v) is 11.4. The molecule has 1 N–H and O–H groups in total. The van der Waals surface area contributed by atoms with Crippen molar-refractivity contribution in [2.75, 3.05) is 11.5 Å². The van der Waals surface area contributed by atoms with Gasteiger partial charge in [-0.3, -0.25) is 4.98 Å². The molecule has 0 saturated heterocycles. The summed E-state index contributed by atoms with van der Waals surface area (Å²) < 4.78 is 18.6. The molecular weight excluding hydrogens is 478 g/mol. The Hall–Kier alpha value is -3.31. The summed E-state index contributed by atoms with van der Waals surface area (Å²) in [4.78, 5) is 41.4. The van der Waals surface area contributed by atoms with E-state index in [0.717, 1.165) is 4.90 Å². The molecule has 0 bridgehead atoms. The highest BCUT2D eigenvalue weighted by molar-refractivity contribution is 6.16. The van der Waals surface area contributed by atoms with Crippen molar-refractivity contribution in [3.63, 3.8) is 0 Å². The Morgan fingerprint density at radius 3 is 2.08 bits per heavy atom. The summed E-state index contributed by atoms with van der Waals surface area (Å²) >= 11 is 0. The number of fused-ring (bicyclic) bond motifs is 3. The maximum Gasteiger partial charge on any atom is 0.425 e. The molecule has 0 saturated carbocycles. The van der Waals surface area contributed by atoms with Gasteiger partial charge >= 0.3 is 12.2 Å². The van der Waals surface area contributed by atoms with Gasteiger partial charge in [-0.05, 0) is 74.4 Å². The first-order chi connectivity index (χ1) is 17.0. The highest BCUT2D eigenvalue weighted by Gasteiger charge is 2.37. The normalized spacial score (nSPS) is 12.7. The van der Waals surface area contributed by atoms with Gasteiger partial charge in [0.15, 0.2) is 5.82 Å². The monoisotopic (exact) mass is 515 g/mol. The molecule has 3 aromatic heterocycles. The fraction of sp³-hybridized carbons (Fsp3) is 0.577. The highest BCUT2D eigenvalue weighted by Crippen LogP contribution is 2.34. The molecule has 0 atom stereocenters. The van der Waals surface area contributed by atoms with E-state index >= 15 is 0 Å². The van der Waals surface area contributed by atoms with Crippen molar-refractivity contribution in [1.82, 2.24) is 19.5 Å². The van der Waals surface area contributed by atoms with Crippen LogP contribution in [0.2, 0.25) is 0 Å². The summed E-state index contributed by atoms with van der Waals surface area (Å²) in [5, 5.41) is 10.7. The Kier molecular flexibility index (Phi) is 7.80. The van der Waals surface area contributed by atoms with Gasteiger partial charge in [-0.25, -0.2) is 19.6 Å². The summed E-state index contributed by atoms with van der Waals surface area (Å²) in [6, 6.07) is 3.42. The lowest BCUT2D eigenvalue weighted by molar-refractivity contribution is 0.0428. The number of pyridine rings is 2. The van der Waals surface area contributed by atoms with Gasteiger partial charge in [0.25, 0.3) is 0 Å². The number of rotatable bonds is 6. The van der Waals surface area contributed by atoms with E-state index < -0.39 is 29.0 Å². The van der Waals surface area contributed by atoms with Crippen LogP contribution in [0.5, 0.6) is 0 Å². The van der Waals surface area contributed by atoms with Crippen LogP contribution in [-0.2, 0) is 27.4 Å². The molecule has 0 aliphatic carbocycles. The summed E-state index contributed by atoms with van der Waals surface area (Å²) in [6.45, 7) is 16.1. The summed E-state index contributed by atoms with van der Waals surface area (Å²) in [7, 11) is 0. The van der Waals surface area contributed by atoms with Gasteiger partial charge in [-0.15, -0.1) is 0 Å². The third kappa shape index (κ3) is 6.92. The van der Waals surface area contributed by atoms with Crippen LogP contribution >= 0.6 is 0 Å². The van der Waals surface area contributed by atoms with E-state index in [-0.39, 0.29) is 24.5 Å². The lowest BCUT2D eigenvalue weighted by atomic mass is 10.1. The molecule has 11 nitrogen and oxygen atoms in total. The third-order valence-corrected chi connectivity index (χ3v) is 4.84. The van der Waals surface area contributed by atoms with E-state index in [1.165, 1.54) is 0 Å². The van der Waals surface area contributed by atoms with Crippen LogP contribution < -0.4 is 4.90 Å². The number of nitrogens with zero attached hydrogens (tertiary/aromatic N) is 5. The fourth-order valence-corrected chi connectivity index (χ4v) is 3.61. The summed E-state index contributed by atoms with van der Waals surface area (Å²) in [5.74, 6) is 0.416. The number of hydrogen-bond donors (Lipinski definition) is 1. The van der Waals surface area contributed by atoms with Crippen LogP contribution in [-0.4, -0.2) is 60.2 Å². The minimum Gasteiger partial charge on any atom is -0.443 e. The molecule has 3 heterocycles.